The maximum atomic E-state index is 12.3. The zero-order chi connectivity index (χ0) is 15.5. The zero-order valence-corrected chi connectivity index (χ0v) is 12.7. The third-order valence-electron chi connectivity index (χ3n) is 3.48. The van der Waals surface area contributed by atoms with Crippen LogP contribution in [-0.2, 0) is 20.5 Å². The van der Waals surface area contributed by atoms with Crippen molar-refractivity contribution in [2.45, 2.75) is 24.7 Å². The standard InChI is InChI=1S/C14H19NO5S/c1-20-14(17)12-6-4-11(5-7-12)10-21(18,19)15-8-2-3-13(16)9-15/h4-7,13,16H,2-3,8-10H2,1H3. The molecule has 7 heteroatoms. The molecule has 2 rings (SSSR count). The molecule has 1 atom stereocenters. The maximum absolute atomic E-state index is 12.3. The summed E-state index contributed by atoms with van der Waals surface area (Å²) in [5, 5.41) is 9.58. The van der Waals surface area contributed by atoms with Gasteiger partial charge in [0.05, 0.1) is 24.5 Å². The Hall–Kier alpha value is -1.44. The van der Waals surface area contributed by atoms with Gasteiger partial charge in [0.25, 0.3) is 0 Å². The molecule has 6 nitrogen and oxygen atoms in total. The first kappa shape index (κ1) is 15.9. The molecule has 0 radical (unpaired) electrons. The maximum Gasteiger partial charge on any atom is 0.337 e. The molecule has 0 aromatic heterocycles. The van der Waals surface area contributed by atoms with Gasteiger partial charge in [-0.1, -0.05) is 12.1 Å². The molecule has 1 aromatic rings. The van der Waals surface area contributed by atoms with Crippen LogP contribution in [0.2, 0.25) is 0 Å². The molecule has 0 aliphatic carbocycles. The molecule has 0 saturated carbocycles. The first-order valence-electron chi connectivity index (χ1n) is 6.75. The normalized spacial score (nSPS) is 20.2. The molecular formula is C14H19NO5S. The highest BCUT2D eigenvalue weighted by Gasteiger charge is 2.28. The second kappa shape index (κ2) is 6.55. The number of ether oxygens (including phenoxy) is 1. The number of rotatable bonds is 4. The van der Waals surface area contributed by atoms with Crippen LogP contribution < -0.4 is 0 Å². The molecule has 0 spiro atoms. The largest absolute Gasteiger partial charge is 0.465 e. The van der Waals surface area contributed by atoms with E-state index in [1.165, 1.54) is 11.4 Å². The highest BCUT2D eigenvalue weighted by atomic mass is 32.2. The number of hydrogen-bond acceptors (Lipinski definition) is 5. The van der Waals surface area contributed by atoms with Crippen molar-refractivity contribution >= 4 is 16.0 Å². The van der Waals surface area contributed by atoms with Crippen LogP contribution in [0.15, 0.2) is 24.3 Å². The first-order valence-corrected chi connectivity index (χ1v) is 8.36. The Bertz CT molecular complexity index is 596. The third kappa shape index (κ3) is 4.03. The van der Waals surface area contributed by atoms with Crippen LogP contribution in [0.3, 0.4) is 0 Å². The van der Waals surface area contributed by atoms with E-state index < -0.39 is 22.1 Å². The minimum Gasteiger partial charge on any atom is -0.465 e. The number of aliphatic hydroxyl groups excluding tert-OH is 1. The molecule has 1 unspecified atom stereocenters. The average molecular weight is 313 g/mol. The average Bonchev–Trinajstić information content (AvgIpc) is 2.47. The van der Waals surface area contributed by atoms with Crippen molar-refractivity contribution in [1.82, 2.24) is 4.31 Å². The van der Waals surface area contributed by atoms with E-state index in [-0.39, 0.29) is 12.3 Å². The van der Waals surface area contributed by atoms with Crippen LogP contribution in [0, 0.1) is 0 Å². The molecule has 1 saturated heterocycles. The molecule has 0 bridgehead atoms. The molecule has 1 aliphatic rings. The molecule has 1 aromatic carbocycles. The first-order chi connectivity index (χ1) is 9.92. The van der Waals surface area contributed by atoms with Crippen LogP contribution >= 0.6 is 0 Å². The van der Waals surface area contributed by atoms with Crippen molar-refractivity contribution < 1.29 is 23.1 Å². The Labute approximate surface area is 124 Å². The van der Waals surface area contributed by atoms with E-state index in [9.17, 15) is 18.3 Å². The van der Waals surface area contributed by atoms with Crippen molar-refractivity contribution in [3.05, 3.63) is 35.4 Å². The summed E-state index contributed by atoms with van der Waals surface area (Å²) in [4.78, 5) is 11.3. The Morgan fingerprint density at radius 1 is 1.38 bits per heavy atom. The van der Waals surface area contributed by atoms with Gasteiger partial charge in [-0.25, -0.2) is 13.2 Å². The lowest BCUT2D eigenvalue weighted by molar-refractivity contribution is 0.0600. The zero-order valence-electron chi connectivity index (χ0n) is 11.9. The van der Waals surface area contributed by atoms with E-state index in [0.29, 0.717) is 30.5 Å². The number of β-amino-alcohol motifs (C(OH)–C–C–N with tert-alkyl or cyclic N) is 1. The number of carbonyl (C=O) groups is 1. The van der Waals surface area contributed by atoms with E-state index in [2.05, 4.69) is 4.74 Å². The molecule has 1 fully saturated rings. The van der Waals surface area contributed by atoms with Gasteiger partial charge in [-0.2, -0.15) is 4.31 Å². The summed E-state index contributed by atoms with van der Waals surface area (Å²) in [7, 11) is -2.16. The van der Waals surface area contributed by atoms with E-state index >= 15 is 0 Å². The van der Waals surface area contributed by atoms with Gasteiger partial charge in [-0.15, -0.1) is 0 Å². The van der Waals surface area contributed by atoms with Crippen molar-refractivity contribution in [2.75, 3.05) is 20.2 Å². The van der Waals surface area contributed by atoms with Gasteiger partial charge >= 0.3 is 5.97 Å². The number of carbonyl (C=O) groups excluding carboxylic acids is 1. The number of nitrogens with zero attached hydrogens (tertiary/aromatic N) is 1. The fraction of sp³-hybridized carbons (Fsp3) is 0.500. The second-order valence-electron chi connectivity index (χ2n) is 5.10. The Kier molecular flexibility index (Phi) is 4.97. The molecule has 116 valence electrons. The van der Waals surface area contributed by atoms with Gasteiger partial charge in [-0.05, 0) is 30.5 Å². The highest BCUT2D eigenvalue weighted by Crippen LogP contribution is 2.18. The summed E-state index contributed by atoms with van der Waals surface area (Å²) >= 11 is 0. The van der Waals surface area contributed by atoms with Crippen LogP contribution in [-0.4, -0.2) is 50.1 Å². The number of sulfonamides is 1. The third-order valence-corrected chi connectivity index (χ3v) is 5.29. The smallest absolute Gasteiger partial charge is 0.337 e. The van der Waals surface area contributed by atoms with Crippen LogP contribution in [0.1, 0.15) is 28.8 Å². The lowest BCUT2D eigenvalue weighted by Gasteiger charge is -2.29. The molecule has 21 heavy (non-hydrogen) atoms. The van der Waals surface area contributed by atoms with E-state index in [0.717, 1.165) is 0 Å². The lowest BCUT2D eigenvalue weighted by Crippen LogP contribution is -2.42. The van der Waals surface area contributed by atoms with Gasteiger partial charge < -0.3 is 9.84 Å². The van der Waals surface area contributed by atoms with Gasteiger partial charge in [-0.3, -0.25) is 0 Å². The Morgan fingerprint density at radius 2 is 2.05 bits per heavy atom. The minimum atomic E-state index is -3.45. The summed E-state index contributed by atoms with van der Waals surface area (Å²) in [5.74, 6) is -0.593. The van der Waals surface area contributed by atoms with Crippen molar-refractivity contribution in [2.24, 2.45) is 0 Å². The van der Waals surface area contributed by atoms with Gasteiger partial charge in [0.15, 0.2) is 0 Å². The number of esters is 1. The van der Waals surface area contributed by atoms with Crippen LogP contribution in [0.5, 0.6) is 0 Å². The van der Waals surface area contributed by atoms with E-state index in [1.54, 1.807) is 24.3 Å². The van der Waals surface area contributed by atoms with Gasteiger partial charge in [0.1, 0.15) is 0 Å². The monoisotopic (exact) mass is 313 g/mol. The fourth-order valence-electron chi connectivity index (χ4n) is 2.33. The summed E-state index contributed by atoms with van der Waals surface area (Å²) in [6, 6.07) is 6.29. The second-order valence-corrected chi connectivity index (χ2v) is 7.07. The molecular weight excluding hydrogens is 294 g/mol. The Morgan fingerprint density at radius 3 is 2.62 bits per heavy atom. The molecule has 1 N–H and O–H groups in total. The molecule has 1 aliphatic heterocycles. The molecule has 1 heterocycles. The fourth-order valence-corrected chi connectivity index (χ4v) is 3.93. The topological polar surface area (TPSA) is 83.9 Å². The van der Waals surface area contributed by atoms with E-state index in [1.807, 2.05) is 0 Å². The predicted octanol–water partition coefficient (Wildman–Crippen LogP) is 0.760. The number of aliphatic hydroxyl groups is 1. The number of piperidine rings is 1. The quantitative estimate of drug-likeness (QED) is 0.830. The lowest BCUT2D eigenvalue weighted by atomic mass is 10.1. The Balaban J connectivity index is 2.08. The van der Waals surface area contributed by atoms with Crippen molar-refractivity contribution in [3.63, 3.8) is 0 Å². The number of hydrogen-bond donors (Lipinski definition) is 1. The van der Waals surface area contributed by atoms with Crippen LogP contribution in [0.4, 0.5) is 0 Å². The van der Waals surface area contributed by atoms with E-state index in [4.69, 9.17) is 0 Å². The van der Waals surface area contributed by atoms with Crippen LogP contribution in [0.25, 0.3) is 0 Å². The summed E-state index contributed by atoms with van der Waals surface area (Å²) in [6.45, 7) is 0.599. The number of methoxy groups -OCH3 is 1. The molecule has 0 amide bonds. The van der Waals surface area contributed by atoms with Crippen molar-refractivity contribution in [3.8, 4) is 0 Å². The SMILES string of the molecule is COC(=O)c1ccc(CS(=O)(=O)N2CCCC(O)C2)cc1. The summed E-state index contributed by atoms with van der Waals surface area (Å²) in [5.41, 5.74) is 0.981. The van der Waals surface area contributed by atoms with Crippen molar-refractivity contribution in [1.29, 1.82) is 0 Å². The minimum absolute atomic E-state index is 0.138. The number of benzene rings is 1. The van der Waals surface area contributed by atoms with Gasteiger partial charge in [0, 0.05) is 13.1 Å². The highest BCUT2D eigenvalue weighted by molar-refractivity contribution is 7.88. The summed E-state index contributed by atoms with van der Waals surface area (Å²) in [6.07, 6.45) is 0.719. The summed E-state index contributed by atoms with van der Waals surface area (Å²) < 4.78 is 30.5. The predicted molar refractivity (Wildman–Crippen MR) is 77.2 cm³/mol. The van der Waals surface area contributed by atoms with Gasteiger partial charge in [0.2, 0.25) is 10.0 Å².